The van der Waals surface area contributed by atoms with Gasteiger partial charge in [0.2, 0.25) is 0 Å². The third-order valence-corrected chi connectivity index (χ3v) is 14.7. The highest BCUT2D eigenvalue weighted by Crippen LogP contribution is 2.40. The zero-order valence-electron chi connectivity index (χ0n) is 14.9. The highest BCUT2D eigenvalue weighted by molar-refractivity contribution is 6.67. The molecule has 0 N–H and O–H groups in total. The maximum atomic E-state index is 7.12. The zero-order chi connectivity index (χ0) is 15.2. The van der Waals surface area contributed by atoms with E-state index < -0.39 is 18.1 Å². The van der Waals surface area contributed by atoms with Gasteiger partial charge in [-0.2, -0.15) is 0 Å². The monoisotopic (exact) mass is 326 g/mol. The second-order valence-corrected chi connectivity index (χ2v) is 14.6. The summed E-state index contributed by atoms with van der Waals surface area (Å²) in [6.07, 6.45) is 11.9. The SMILES string of the molecule is CC(C)C[SiH](O[SiH](CC(C)C)C1CCCC1)C1CCCC1. The summed E-state index contributed by atoms with van der Waals surface area (Å²) in [5, 5.41) is 0. The molecule has 0 amide bonds. The van der Waals surface area contributed by atoms with Crippen molar-refractivity contribution in [1.29, 1.82) is 0 Å². The molecule has 21 heavy (non-hydrogen) atoms. The molecule has 0 saturated heterocycles. The number of rotatable bonds is 8. The van der Waals surface area contributed by atoms with Crippen LogP contribution in [0.15, 0.2) is 0 Å². The molecule has 0 aromatic heterocycles. The van der Waals surface area contributed by atoms with Gasteiger partial charge in [-0.3, -0.25) is 0 Å². The van der Waals surface area contributed by atoms with Crippen LogP contribution >= 0.6 is 0 Å². The van der Waals surface area contributed by atoms with Gasteiger partial charge in [0, 0.05) is 0 Å². The molecule has 2 unspecified atom stereocenters. The Morgan fingerprint density at radius 3 is 1.33 bits per heavy atom. The molecule has 0 spiro atoms. The largest absolute Gasteiger partial charge is 0.459 e. The zero-order valence-corrected chi connectivity index (χ0v) is 17.3. The first-order chi connectivity index (χ1) is 10.1. The van der Waals surface area contributed by atoms with Crippen LogP contribution in [0.25, 0.3) is 0 Å². The highest BCUT2D eigenvalue weighted by Gasteiger charge is 2.35. The summed E-state index contributed by atoms with van der Waals surface area (Å²) in [5.74, 6) is 1.69. The lowest BCUT2D eigenvalue weighted by atomic mass is 10.3. The quantitative estimate of drug-likeness (QED) is 0.524. The Kier molecular flexibility index (Phi) is 7.50. The van der Waals surface area contributed by atoms with E-state index in [2.05, 4.69) is 27.7 Å². The van der Waals surface area contributed by atoms with Crippen LogP contribution in [-0.2, 0) is 4.12 Å². The summed E-state index contributed by atoms with van der Waals surface area (Å²) >= 11 is 0. The van der Waals surface area contributed by atoms with E-state index >= 15 is 0 Å². The smallest absolute Gasteiger partial charge is 0.166 e. The second kappa shape index (κ2) is 8.88. The van der Waals surface area contributed by atoms with Crippen LogP contribution in [0.1, 0.15) is 79.1 Å². The van der Waals surface area contributed by atoms with E-state index in [0.29, 0.717) is 0 Å². The lowest BCUT2D eigenvalue weighted by Gasteiger charge is -2.32. The van der Waals surface area contributed by atoms with Gasteiger partial charge in [0.1, 0.15) is 0 Å². The van der Waals surface area contributed by atoms with Gasteiger partial charge in [-0.1, -0.05) is 79.1 Å². The second-order valence-electron chi connectivity index (χ2n) is 8.56. The fourth-order valence-electron chi connectivity index (χ4n) is 4.53. The minimum Gasteiger partial charge on any atom is -0.459 e. The summed E-state index contributed by atoms with van der Waals surface area (Å²) < 4.78 is 7.12. The van der Waals surface area contributed by atoms with E-state index in [1.807, 2.05) is 0 Å². The molecule has 3 heteroatoms. The molecule has 2 saturated carbocycles. The van der Waals surface area contributed by atoms with Crippen LogP contribution in [0, 0.1) is 11.8 Å². The van der Waals surface area contributed by atoms with Crippen molar-refractivity contribution in [3.63, 3.8) is 0 Å². The maximum absolute atomic E-state index is 7.12. The van der Waals surface area contributed by atoms with Crippen molar-refractivity contribution in [2.24, 2.45) is 11.8 Å². The van der Waals surface area contributed by atoms with Gasteiger partial charge in [-0.05, 0) is 35.0 Å². The van der Waals surface area contributed by atoms with Gasteiger partial charge in [-0.25, -0.2) is 0 Å². The lowest BCUT2D eigenvalue weighted by molar-refractivity contribution is 0.496. The van der Waals surface area contributed by atoms with Gasteiger partial charge in [0.05, 0.1) is 0 Å². The Morgan fingerprint density at radius 1 is 0.714 bits per heavy atom. The average Bonchev–Trinajstić information content (AvgIpc) is 3.09. The molecule has 0 heterocycles. The summed E-state index contributed by atoms with van der Waals surface area (Å²) in [7, 11) is -1.91. The van der Waals surface area contributed by atoms with Crippen molar-refractivity contribution in [2.75, 3.05) is 0 Å². The summed E-state index contributed by atoms with van der Waals surface area (Å²) in [5.41, 5.74) is 2.05. The molecule has 0 bridgehead atoms. The molecule has 2 fully saturated rings. The standard InChI is InChI=1S/C18H38OSi2/c1-15(2)13-20(17-9-5-6-10-17)19-21(14-16(3)4)18-11-7-8-12-18/h15-18,20-21H,5-14H2,1-4H3. The fourth-order valence-corrected chi connectivity index (χ4v) is 14.1. The molecule has 0 radical (unpaired) electrons. The van der Waals surface area contributed by atoms with E-state index in [1.54, 1.807) is 0 Å². The van der Waals surface area contributed by atoms with Crippen molar-refractivity contribution in [3.05, 3.63) is 0 Å². The van der Waals surface area contributed by atoms with Crippen molar-refractivity contribution in [3.8, 4) is 0 Å². The van der Waals surface area contributed by atoms with Crippen LogP contribution in [0.4, 0.5) is 0 Å². The van der Waals surface area contributed by atoms with E-state index in [1.165, 1.54) is 63.5 Å². The minimum atomic E-state index is -0.955. The highest BCUT2D eigenvalue weighted by atomic mass is 28.4. The molecule has 2 aliphatic rings. The first kappa shape index (κ1) is 17.7. The van der Waals surface area contributed by atoms with E-state index in [-0.39, 0.29) is 0 Å². The molecule has 2 rings (SSSR count). The van der Waals surface area contributed by atoms with Crippen LogP contribution in [0.5, 0.6) is 0 Å². The van der Waals surface area contributed by atoms with Gasteiger partial charge in [-0.15, -0.1) is 0 Å². The first-order valence-electron chi connectivity index (χ1n) is 9.71. The summed E-state index contributed by atoms with van der Waals surface area (Å²) in [6.45, 7) is 9.64. The predicted octanol–water partition coefficient (Wildman–Crippen LogP) is 5.65. The van der Waals surface area contributed by atoms with Crippen LogP contribution < -0.4 is 0 Å². The normalized spacial score (nSPS) is 24.3. The molecule has 0 aliphatic heterocycles. The van der Waals surface area contributed by atoms with Crippen LogP contribution in [0.2, 0.25) is 23.2 Å². The molecule has 1 nitrogen and oxygen atoms in total. The lowest BCUT2D eigenvalue weighted by Crippen LogP contribution is -2.36. The molecule has 0 aromatic carbocycles. The third kappa shape index (κ3) is 5.83. The van der Waals surface area contributed by atoms with Gasteiger partial charge in [0.25, 0.3) is 0 Å². The van der Waals surface area contributed by atoms with Gasteiger partial charge in [0.15, 0.2) is 18.1 Å². The van der Waals surface area contributed by atoms with Gasteiger partial charge < -0.3 is 4.12 Å². The fraction of sp³-hybridized carbons (Fsp3) is 1.00. The third-order valence-electron chi connectivity index (χ3n) is 5.61. The van der Waals surface area contributed by atoms with Crippen molar-refractivity contribution in [2.45, 2.75) is 102 Å². The van der Waals surface area contributed by atoms with Crippen molar-refractivity contribution in [1.82, 2.24) is 0 Å². The summed E-state index contributed by atoms with van der Waals surface area (Å²) in [4.78, 5) is 0. The minimum absolute atomic E-state index is 0.847. The molecular formula is C18H38OSi2. The molecular weight excluding hydrogens is 288 g/mol. The number of hydrogen-bond acceptors (Lipinski definition) is 1. The van der Waals surface area contributed by atoms with Crippen molar-refractivity contribution < 1.29 is 4.12 Å². The van der Waals surface area contributed by atoms with E-state index in [9.17, 15) is 0 Å². The van der Waals surface area contributed by atoms with Crippen LogP contribution in [0.3, 0.4) is 0 Å². The molecule has 0 aromatic rings. The molecule has 2 aliphatic carbocycles. The molecule has 2 atom stereocenters. The topological polar surface area (TPSA) is 9.23 Å². The molecule has 124 valence electrons. The Labute approximate surface area is 136 Å². The Morgan fingerprint density at radius 2 is 1.05 bits per heavy atom. The maximum Gasteiger partial charge on any atom is 0.166 e. The summed E-state index contributed by atoms with van der Waals surface area (Å²) in [6, 6.07) is 2.89. The number of hydrogen-bond donors (Lipinski definition) is 0. The van der Waals surface area contributed by atoms with E-state index in [0.717, 1.165) is 22.9 Å². The van der Waals surface area contributed by atoms with Gasteiger partial charge >= 0.3 is 0 Å². The average molecular weight is 327 g/mol. The Bertz CT molecular complexity index is 253. The van der Waals surface area contributed by atoms with Crippen LogP contribution in [-0.4, -0.2) is 18.1 Å². The first-order valence-corrected chi connectivity index (χ1v) is 13.6. The van der Waals surface area contributed by atoms with E-state index in [4.69, 9.17) is 4.12 Å². The van der Waals surface area contributed by atoms with Crippen molar-refractivity contribution >= 4 is 18.1 Å². The Balaban J connectivity index is 1.98. The predicted molar refractivity (Wildman–Crippen MR) is 99.1 cm³/mol. The Hall–Kier alpha value is 0.394.